The van der Waals surface area contributed by atoms with Crippen LogP contribution in [0, 0.1) is 11.2 Å². The Morgan fingerprint density at radius 2 is 1.98 bits per heavy atom. The van der Waals surface area contributed by atoms with E-state index >= 15 is 0 Å². The van der Waals surface area contributed by atoms with E-state index in [1.54, 1.807) is 6.07 Å². The van der Waals surface area contributed by atoms with Crippen LogP contribution in [0.3, 0.4) is 0 Å². The summed E-state index contributed by atoms with van der Waals surface area (Å²) in [6, 6.07) is 10.2. The van der Waals surface area contributed by atoms with Crippen LogP contribution in [0.2, 0.25) is 5.02 Å². The van der Waals surface area contributed by atoms with Crippen molar-refractivity contribution in [1.29, 1.82) is 0 Å². The SMILES string of the molecule is CCCN(C[C@H](O)CO)C[C@]1(O)CC[C@H]2c3ccc(cc3C(=O)Cc3c(F)cccc3Cl)C[C@@H](O)CCC(C)=CCC[C@@]21C. The highest BCUT2D eigenvalue weighted by atomic mass is 35.5. The van der Waals surface area contributed by atoms with E-state index < -0.39 is 29.0 Å². The van der Waals surface area contributed by atoms with Crippen molar-refractivity contribution in [3.05, 3.63) is 81.1 Å². The Bertz CT molecular complexity index is 1310. The summed E-state index contributed by atoms with van der Waals surface area (Å²) in [6.07, 6.45) is 5.71. The summed E-state index contributed by atoms with van der Waals surface area (Å²) < 4.78 is 14.8. The average molecular weight is 630 g/mol. The molecule has 44 heavy (non-hydrogen) atoms. The molecule has 5 rings (SSSR count). The maximum atomic E-state index is 14.8. The summed E-state index contributed by atoms with van der Waals surface area (Å²) in [5, 5.41) is 43.3. The van der Waals surface area contributed by atoms with E-state index in [0.29, 0.717) is 50.8 Å². The molecule has 4 N–H and O–H groups in total. The zero-order valence-corrected chi connectivity index (χ0v) is 27.1. The first-order valence-electron chi connectivity index (χ1n) is 16.1. The molecular weight excluding hydrogens is 581 g/mol. The summed E-state index contributed by atoms with van der Waals surface area (Å²) >= 11 is 6.32. The molecule has 6 nitrogen and oxygen atoms in total. The number of carbonyl (C=O) groups excluding carboxylic acids is 1. The Balaban J connectivity index is 1.80. The van der Waals surface area contributed by atoms with Gasteiger partial charge in [-0.05, 0) is 100 Å². The van der Waals surface area contributed by atoms with Crippen LogP contribution in [-0.4, -0.2) is 75.2 Å². The van der Waals surface area contributed by atoms with Gasteiger partial charge < -0.3 is 20.4 Å². The zero-order valence-electron chi connectivity index (χ0n) is 26.4. The summed E-state index contributed by atoms with van der Waals surface area (Å²) in [5.74, 6) is -0.934. The summed E-state index contributed by atoms with van der Waals surface area (Å²) in [6.45, 7) is 7.17. The predicted octanol–water partition coefficient (Wildman–Crippen LogP) is 6.01. The molecule has 1 fully saturated rings. The van der Waals surface area contributed by atoms with E-state index in [0.717, 1.165) is 30.4 Å². The third-order valence-corrected chi connectivity index (χ3v) is 10.4. The van der Waals surface area contributed by atoms with Crippen molar-refractivity contribution in [3.8, 4) is 0 Å². The molecule has 8 heteroatoms. The maximum Gasteiger partial charge on any atom is 0.167 e. The second-order valence-electron chi connectivity index (χ2n) is 13.3. The monoisotopic (exact) mass is 629 g/mol. The van der Waals surface area contributed by atoms with E-state index in [1.165, 1.54) is 17.7 Å². The molecule has 2 bridgehead atoms. The number of nitrogens with zero attached hydrogens (tertiary/aromatic N) is 1. The van der Waals surface area contributed by atoms with Gasteiger partial charge in [-0.15, -0.1) is 0 Å². The molecular formula is C36H49ClFNO5. The first kappa shape index (κ1) is 34.7. The molecule has 5 atom stereocenters. The molecule has 2 aromatic carbocycles. The lowest BCUT2D eigenvalue weighted by molar-refractivity contribution is -0.0891. The van der Waals surface area contributed by atoms with Gasteiger partial charge in [0.25, 0.3) is 0 Å². The van der Waals surface area contributed by atoms with Gasteiger partial charge in [-0.2, -0.15) is 0 Å². The van der Waals surface area contributed by atoms with Gasteiger partial charge >= 0.3 is 0 Å². The van der Waals surface area contributed by atoms with E-state index in [1.807, 2.05) is 23.1 Å². The normalized spacial score (nSPS) is 26.7. The minimum atomic E-state index is -1.12. The fraction of sp³-hybridized carbons (Fsp3) is 0.583. The van der Waals surface area contributed by atoms with Crippen molar-refractivity contribution in [2.45, 2.75) is 102 Å². The molecule has 0 radical (unpaired) electrons. The van der Waals surface area contributed by atoms with Gasteiger partial charge in [0, 0.05) is 41.1 Å². The van der Waals surface area contributed by atoms with E-state index in [4.69, 9.17) is 11.6 Å². The quantitative estimate of drug-likeness (QED) is 0.190. The molecule has 0 aliphatic heterocycles. The Labute approximate surface area is 266 Å². The largest absolute Gasteiger partial charge is 0.394 e. The number of ketones is 1. The Morgan fingerprint density at radius 1 is 1.20 bits per heavy atom. The van der Waals surface area contributed by atoms with Crippen LogP contribution < -0.4 is 0 Å². The van der Waals surface area contributed by atoms with Crippen LogP contribution in [0.4, 0.5) is 4.39 Å². The topological polar surface area (TPSA) is 101 Å². The molecule has 0 heterocycles. The number of fused-ring (bicyclic) bond motifs is 8. The Hall–Kier alpha value is -2.13. The van der Waals surface area contributed by atoms with Gasteiger partial charge in [0.05, 0.1) is 24.4 Å². The number of allylic oxidation sites excluding steroid dienone is 2. The second kappa shape index (κ2) is 15.0. The maximum absolute atomic E-state index is 14.8. The van der Waals surface area contributed by atoms with Crippen molar-refractivity contribution < 1.29 is 29.6 Å². The molecule has 0 aromatic heterocycles. The van der Waals surface area contributed by atoms with Crippen molar-refractivity contribution in [2.75, 3.05) is 26.2 Å². The predicted molar refractivity (Wildman–Crippen MR) is 173 cm³/mol. The lowest BCUT2D eigenvalue weighted by Gasteiger charge is -2.46. The molecule has 0 spiro atoms. The number of aliphatic hydroxyl groups is 4. The summed E-state index contributed by atoms with van der Waals surface area (Å²) in [7, 11) is 0. The van der Waals surface area contributed by atoms with Gasteiger partial charge in [0.2, 0.25) is 0 Å². The second-order valence-corrected chi connectivity index (χ2v) is 13.7. The summed E-state index contributed by atoms with van der Waals surface area (Å²) in [5.41, 5.74) is 1.77. The number of benzene rings is 2. The summed E-state index contributed by atoms with van der Waals surface area (Å²) in [4.78, 5) is 16.1. The van der Waals surface area contributed by atoms with Crippen molar-refractivity contribution in [3.63, 3.8) is 0 Å². The number of hydrogen-bond acceptors (Lipinski definition) is 6. The number of carbonyl (C=O) groups is 1. The van der Waals surface area contributed by atoms with Crippen LogP contribution in [0.25, 0.3) is 0 Å². The molecule has 0 saturated heterocycles. The third kappa shape index (κ3) is 7.80. The lowest BCUT2D eigenvalue weighted by atomic mass is 9.64. The van der Waals surface area contributed by atoms with E-state index in [-0.39, 0.29) is 41.9 Å². The van der Waals surface area contributed by atoms with Crippen LogP contribution in [-0.2, 0) is 12.8 Å². The van der Waals surface area contributed by atoms with Crippen molar-refractivity contribution >= 4 is 17.4 Å². The number of hydrogen-bond donors (Lipinski definition) is 4. The van der Waals surface area contributed by atoms with Crippen LogP contribution >= 0.6 is 11.6 Å². The highest BCUT2D eigenvalue weighted by Gasteiger charge is 2.57. The number of halogens is 2. The lowest BCUT2D eigenvalue weighted by Crippen LogP contribution is -2.54. The van der Waals surface area contributed by atoms with Crippen LogP contribution in [0.15, 0.2) is 48.0 Å². The molecule has 3 aliphatic rings. The first-order valence-corrected chi connectivity index (χ1v) is 16.4. The number of aliphatic hydroxyl groups excluding tert-OH is 3. The smallest absolute Gasteiger partial charge is 0.167 e. The van der Waals surface area contributed by atoms with Crippen molar-refractivity contribution in [1.82, 2.24) is 4.90 Å². The minimum Gasteiger partial charge on any atom is -0.394 e. The fourth-order valence-electron chi connectivity index (χ4n) is 7.48. The third-order valence-electron chi connectivity index (χ3n) is 10.1. The molecule has 1 saturated carbocycles. The molecule has 0 amide bonds. The minimum absolute atomic E-state index is 0.161. The standard InChI is InChI=1S/C36H49ClFNO5/c1-4-17-39(21-27(42)22-40)23-36(44)16-14-31-28-13-11-25(18-26(41)12-10-24(2)7-6-15-35(31,36)3)19-29(28)34(43)20-30-32(37)8-5-9-33(30)38/h5,7-9,11,13,19,26-27,31,40-42,44H,4,6,10,12,14-18,20-23H2,1-3H3/t26-,27-,31-,35-,36+/m0/s1. The Kier molecular flexibility index (Phi) is 11.8. The zero-order chi connectivity index (χ0) is 32.1. The molecule has 3 aliphatic carbocycles. The number of Topliss-reactive ketones (excluding diaryl/α,β-unsaturated/α-hetero) is 1. The van der Waals surface area contributed by atoms with Gasteiger partial charge in [0.1, 0.15) is 5.82 Å². The number of rotatable bonds is 10. The Morgan fingerprint density at radius 3 is 2.68 bits per heavy atom. The highest BCUT2D eigenvalue weighted by Crippen LogP contribution is 2.58. The van der Waals surface area contributed by atoms with Gasteiger partial charge in [-0.1, -0.05) is 55.3 Å². The molecule has 0 unspecified atom stereocenters. The van der Waals surface area contributed by atoms with E-state index in [2.05, 4.69) is 26.8 Å². The van der Waals surface area contributed by atoms with Gasteiger partial charge in [-0.25, -0.2) is 4.39 Å². The average Bonchev–Trinajstić information content (AvgIpc) is 3.22. The van der Waals surface area contributed by atoms with Gasteiger partial charge in [-0.3, -0.25) is 9.69 Å². The van der Waals surface area contributed by atoms with Crippen molar-refractivity contribution in [2.24, 2.45) is 5.41 Å². The fourth-order valence-corrected chi connectivity index (χ4v) is 7.71. The molecule has 2 aromatic rings. The van der Waals surface area contributed by atoms with Gasteiger partial charge in [0.15, 0.2) is 5.78 Å². The van der Waals surface area contributed by atoms with Crippen LogP contribution in [0.5, 0.6) is 0 Å². The highest BCUT2D eigenvalue weighted by molar-refractivity contribution is 6.31. The van der Waals surface area contributed by atoms with Crippen LogP contribution in [0.1, 0.15) is 98.7 Å². The molecule has 242 valence electrons. The first-order chi connectivity index (χ1) is 20.9. The van der Waals surface area contributed by atoms with E-state index in [9.17, 15) is 29.6 Å².